The normalized spacial score (nSPS) is 13.9. The van der Waals surface area contributed by atoms with Gasteiger partial charge in [0.2, 0.25) is 0 Å². The van der Waals surface area contributed by atoms with Gasteiger partial charge in [0.05, 0.1) is 10.2 Å². The molecule has 0 fully saturated rings. The molecule has 2 aromatic rings. The van der Waals surface area contributed by atoms with Gasteiger partial charge in [0.25, 0.3) is 0 Å². The Balaban J connectivity index is 2.32. The Kier molecular flexibility index (Phi) is 2.96. The molecule has 1 heterocycles. The maximum Gasteiger partial charge on any atom is 0.160 e. The lowest BCUT2D eigenvalue weighted by Crippen LogP contribution is -1.67. The first-order chi connectivity index (χ1) is 6.79. The zero-order chi connectivity index (χ0) is 9.97. The van der Waals surface area contributed by atoms with E-state index in [1.807, 2.05) is 24.5 Å². The van der Waals surface area contributed by atoms with Gasteiger partial charge in [-0.1, -0.05) is 12.1 Å². The molecule has 0 saturated carbocycles. The number of para-hydroxylation sites is 1. The number of aromatic nitrogens is 1. The average molecular weight is 240 g/mol. The summed E-state index contributed by atoms with van der Waals surface area (Å²) in [5.41, 5.74) is 1.03. The quantitative estimate of drug-likeness (QED) is 0.496. The van der Waals surface area contributed by atoms with Crippen LogP contribution in [0.5, 0.6) is 0 Å². The van der Waals surface area contributed by atoms with Gasteiger partial charge in [-0.2, -0.15) is 5.26 Å². The van der Waals surface area contributed by atoms with Gasteiger partial charge in [-0.05, 0) is 29.2 Å². The van der Waals surface area contributed by atoms with E-state index in [1.165, 1.54) is 4.70 Å². The maximum absolute atomic E-state index is 8.71. The van der Waals surface area contributed by atoms with Crippen LogP contribution in [0, 0.1) is 10.7 Å². The molecule has 0 radical (unpaired) electrons. The predicted octanol–water partition coefficient (Wildman–Crippen LogP) is 3.42. The number of thiol groups is 1. The highest BCUT2D eigenvalue weighted by molar-refractivity contribution is 8.87. The van der Waals surface area contributed by atoms with Crippen LogP contribution in [0.2, 0.25) is 0 Å². The second-order valence-electron chi connectivity index (χ2n) is 2.64. The molecule has 0 bridgehead atoms. The minimum absolute atomic E-state index is 0.621. The summed E-state index contributed by atoms with van der Waals surface area (Å²) in [6.07, 6.45) is 1.95. The molecule has 2 rings (SSSR count). The van der Waals surface area contributed by atoms with Crippen molar-refractivity contribution < 1.29 is 0 Å². The van der Waals surface area contributed by atoms with E-state index < -0.39 is 9.93 Å². The molecule has 1 aromatic heterocycles. The minimum atomic E-state index is -0.621. The summed E-state index contributed by atoms with van der Waals surface area (Å²) in [5.74, 6) is 0. The lowest BCUT2D eigenvalue weighted by atomic mass is 10.3. The van der Waals surface area contributed by atoms with Crippen molar-refractivity contribution in [3.05, 3.63) is 24.3 Å². The van der Waals surface area contributed by atoms with E-state index in [4.69, 9.17) is 5.26 Å². The van der Waals surface area contributed by atoms with Gasteiger partial charge in [0.1, 0.15) is 5.40 Å². The number of hydrogen-bond acceptors (Lipinski definition) is 4. The Morgan fingerprint density at radius 1 is 1.50 bits per heavy atom. The van der Waals surface area contributed by atoms with Crippen LogP contribution in [0.1, 0.15) is 0 Å². The third-order valence-electron chi connectivity index (χ3n) is 1.63. The van der Waals surface area contributed by atoms with Crippen LogP contribution in [-0.2, 0) is 0 Å². The standard InChI is InChI=1S/C9H8N2S3/c1-14(6-10)13-9-11-7-4-2-3-5-8(7)12-9/h2-5,14H,1H3. The molecule has 5 heteroatoms. The van der Waals surface area contributed by atoms with Gasteiger partial charge in [0.15, 0.2) is 4.34 Å². The van der Waals surface area contributed by atoms with Crippen molar-refractivity contribution >= 4 is 42.3 Å². The van der Waals surface area contributed by atoms with Crippen LogP contribution in [-0.4, -0.2) is 11.2 Å². The third kappa shape index (κ3) is 2.03. The second-order valence-corrected chi connectivity index (χ2v) is 7.88. The largest absolute Gasteiger partial charge is 0.229 e. The Morgan fingerprint density at radius 3 is 3.00 bits per heavy atom. The number of benzene rings is 1. The zero-order valence-electron chi connectivity index (χ0n) is 7.47. The number of thiocyanates is 1. The van der Waals surface area contributed by atoms with Crippen molar-refractivity contribution in [2.75, 3.05) is 6.26 Å². The van der Waals surface area contributed by atoms with Gasteiger partial charge in [-0.3, -0.25) is 0 Å². The van der Waals surface area contributed by atoms with Gasteiger partial charge in [-0.15, -0.1) is 21.3 Å². The highest BCUT2D eigenvalue weighted by atomic mass is 33.1. The number of fused-ring (bicyclic) bond motifs is 1. The molecule has 0 aliphatic carbocycles. The zero-order valence-corrected chi connectivity index (χ0v) is 9.99. The van der Waals surface area contributed by atoms with Gasteiger partial charge in [-0.25, -0.2) is 4.98 Å². The predicted molar refractivity (Wildman–Crippen MR) is 66.0 cm³/mol. The highest BCUT2D eigenvalue weighted by Gasteiger charge is 2.05. The van der Waals surface area contributed by atoms with Gasteiger partial charge in [0, 0.05) is 0 Å². The molecule has 1 atom stereocenters. The van der Waals surface area contributed by atoms with Crippen LogP contribution in [0.15, 0.2) is 28.6 Å². The smallest absolute Gasteiger partial charge is 0.160 e. The lowest BCUT2D eigenvalue weighted by molar-refractivity contribution is 1.31. The first-order valence-electron chi connectivity index (χ1n) is 3.96. The molecule has 0 saturated heterocycles. The first-order valence-corrected chi connectivity index (χ1v) is 7.99. The Labute approximate surface area is 92.7 Å². The van der Waals surface area contributed by atoms with Crippen LogP contribution < -0.4 is 0 Å². The van der Waals surface area contributed by atoms with E-state index >= 15 is 0 Å². The molecule has 0 aliphatic rings. The topological polar surface area (TPSA) is 36.7 Å². The number of rotatable bonds is 2. The van der Waals surface area contributed by atoms with Crippen molar-refractivity contribution in [2.45, 2.75) is 4.34 Å². The van der Waals surface area contributed by atoms with Crippen LogP contribution >= 0.6 is 32.1 Å². The van der Waals surface area contributed by atoms with Gasteiger partial charge < -0.3 is 0 Å². The first kappa shape index (κ1) is 9.84. The van der Waals surface area contributed by atoms with Crippen molar-refractivity contribution in [3.8, 4) is 5.40 Å². The fraction of sp³-hybridized carbons (Fsp3) is 0.111. The maximum atomic E-state index is 8.71. The number of thiazole rings is 1. The summed E-state index contributed by atoms with van der Waals surface area (Å²) in [6, 6.07) is 8.05. The van der Waals surface area contributed by atoms with Crippen LogP contribution in [0.4, 0.5) is 0 Å². The number of hydrogen-bond donors (Lipinski definition) is 1. The molecule has 0 N–H and O–H groups in total. The van der Waals surface area contributed by atoms with Crippen molar-refractivity contribution in [1.29, 1.82) is 5.26 Å². The molecule has 0 amide bonds. The summed E-state index contributed by atoms with van der Waals surface area (Å²) < 4.78 is 2.19. The molecule has 14 heavy (non-hydrogen) atoms. The lowest BCUT2D eigenvalue weighted by Gasteiger charge is -1.99. The van der Waals surface area contributed by atoms with E-state index in [2.05, 4.69) is 16.5 Å². The second kappa shape index (κ2) is 4.22. The number of nitriles is 1. The average Bonchev–Trinajstić information content (AvgIpc) is 2.59. The van der Waals surface area contributed by atoms with Crippen molar-refractivity contribution in [3.63, 3.8) is 0 Å². The Bertz CT molecular complexity index is 453. The molecule has 1 unspecified atom stereocenters. The third-order valence-corrected chi connectivity index (χ3v) is 5.72. The van der Waals surface area contributed by atoms with E-state index in [-0.39, 0.29) is 0 Å². The summed E-state index contributed by atoms with van der Waals surface area (Å²) in [7, 11) is 0.959. The van der Waals surface area contributed by atoms with Gasteiger partial charge >= 0.3 is 0 Å². The summed E-state index contributed by atoms with van der Waals surface area (Å²) >= 11 is 1.66. The molecule has 2 nitrogen and oxygen atoms in total. The fourth-order valence-electron chi connectivity index (χ4n) is 1.03. The van der Waals surface area contributed by atoms with Crippen molar-refractivity contribution in [1.82, 2.24) is 4.98 Å². The summed E-state index contributed by atoms with van der Waals surface area (Å²) in [6.45, 7) is 0. The van der Waals surface area contributed by atoms with Crippen molar-refractivity contribution in [2.24, 2.45) is 0 Å². The van der Waals surface area contributed by atoms with E-state index in [0.29, 0.717) is 0 Å². The van der Waals surface area contributed by atoms with Crippen LogP contribution in [0.3, 0.4) is 0 Å². The number of nitrogens with zero attached hydrogens (tertiary/aromatic N) is 2. The van der Waals surface area contributed by atoms with Crippen LogP contribution in [0.25, 0.3) is 10.2 Å². The Morgan fingerprint density at radius 2 is 2.29 bits per heavy atom. The molecule has 0 spiro atoms. The summed E-state index contributed by atoms with van der Waals surface area (Å²) in [5, 5.41) is 11.0. The van der Waals surface area contributed by atoms with E-state index in [9.17, 15) is 0 Å². The SMILES string of the molecule is C[SH](C#N)Sc1nc2ccccc2s1. The van der Waals surface area contributed by atoms with E-state index in [1.54, 1.807) is 22.1 Å². The molecule has 72 valence electrons. The minimum Gasteiger partial charge on any atom is -0.229 e. The monoisotopic (exact) mass is 240 g/mol. The molecular formula is C9H8N2S3. The molecular weight excluding hydrogens is 232 g/mol. The molecule has 0 aliphatic heterocycles. The highest BCUT2D eigenvalue weighted by Crippen LogP contribution is 2.44. The van der Waals surface area contributed by atoms with E-state index in [0.717, 1.165) is 9.86 Å². The fourth-order valence-corrected chi connectivity index (χ4v) is 4.85. The Hall–Kier alpha value is -0.700. The summed E-state index contributed by atoms with van der Waals surface area (Å²) in [4.78, 5) is 4.45. The molecule has 1 aromatic carbocycles.